The van der Waals surface area contributed by atoms with Crippen LogP contribution in [0.4, 0.5) is 0 Å². The predicted octanol–water partition coefficient (Wildman–Crippen LogP) is 2.38. The Balaban J connectivity index is 3.04. The number of benzene rings is 1. The van der Waals surface area contributed by atoms with E-state index in [4.69, 9.17) is 5.26 Å². The van der Waals surface area contributed by atoms with Crippen LogP contribution in [0, 0.1) is 16.7 Å². The summed E-state index contributed by atoms with van der Waals surface area (Å²) in [5.74, 6) is -0.459. The number of hydrogen-bond acceptors (Lipinski definition) is 3. The van der Waals surface area contributed by atoms with E-state index in [0.717, 1.165) is 0 Å². The molecule has 1 aromatic carbocycles. The average molecular weight is 215 g/mol. The van der Waals surface area contributed by atoms with Gasteiger partial charge in [-0.1, -0.05) is 30.3 Å². The molecule has 3 heteroatoms. The van der Waals surface area contributed by atoms with Crippen molar-refractivity contribution in [3.63, 3.8) is 0 Å². The lowest BCUT2D eigenvalue weighted by Crippen LogP contribution is -2.28. The Morgan fingerprint density at radius 3 is 2.31 bits per heavy atom. The van der Waals surface area contributed by atoms with Crippen LogP contribution in [-0.4, -0.2) is 11.6 Å². The maximum absolute atomic E-state index is 12.1. The van der Waals surface area contributed by atoms with E-state index >= 15 is 0 Å². The topological polar surface area (TPSA) is 57.9 Å². The van der Waals surface area contributed by atoms with E-state index in [1.54, 1.807) is 30.3 Å². The van der Waals surface area contributed by atoms with Gasteiger partial charge in [0.15, 0.2) is 5.78 Å². The highest BCUT2D eigenvalue weighted by Crippen LogP contribution is 2.26. The molecular formula is C13H13NO2. The molecule has 1 unspecified atom stereocenters. The summed E-state index contributed by atoms with van der Waals surface area (Å²) in [6, 6.07) is 10.5. The van der Waals surface area contributed by atoms with Crippen molar-refractivity contribution < 1.29 is 9.59 Å². The quantitative estimate of drug-likeness (QED) is 0.724. The molecule has 0 fully saturated rings. The molecular weight excluding hydrogens is 202 g/mol. The molecule has 3 nitrogen and oxygen atoms in total. The third-order valence-corrected chi connectivity index (χ3v) is 2.39. The van der Waals surface area contributed by atoms with Gasteiger partial charge in [0.1, 0.15) is 11.2 Å². The Labute approximate surface area is 94.7 Å². The Morgan fingerprint density at radius 2 is 1.88 bits per heavy atom. The number of ketones is 2. The van der Waals surface area contributed by atoms with Crippen molar-refractivity contribution >= 4 is 11.6 Å². The van der Waals surface area contributed by atoms with Gasteiger partial charge in [0.2, 0.25) is 0 Å². The van der Waals surface area contributed by atoms with Gasteiger partial charge < -0.3 is 0 Å². The molecule has 0 aromatic heterocycles. The minimum atomic E-state index is -1.26. The lowest BCUT2D eigenvalue weighted by Gasteiger charge is -2.18. The summed E-state index contributed by atoms with van der Waals surface area (Å²) in [5, 5.41) is 9.04. The number of nitriles is 1. The van der Waals surface area contributed by atoms with Crippen LogP contribution in [0.3, 0.4) is 0 Å². The molecule has 0 saturated carbocycles. The summed E-state index contributed by atoms with van der Waals surface area (Å²) in [6.45, 7) is 2.89. The van der Waals surface area contributed by atoms with Crippen molar-refractivity contribution in [2.24, 2.45) is 5.41 Å². The second kappa shape index (κ2) is 4.71. The van der Waals surface area contributed by atoms with Crippen LogP contribution < -0.4 is 0 Å². The zero-order valence-electron chi connectivity index (χ0n) is 9.36. The van der Waals surface area contributed by atoms with Crippen LogP contribution >= 0.6 is 0 Å². The van der Waals surface area contributed by atoms with Crippen molar-refractivity contribution in [3.8, 4) is 6.07 Å². The first kappa shape index (κ1) is 12.1. The van der Waals surface area contributed by atoms with Crippen LogP contribution in [0.5, 0.6) is 0 Å². The van der Waals surface area contributed by atoms with Crippen molar-refractivity contribution in [1.82, 2.24) is 0 Å². The summed E-state index contributed by atoms with van der Waals surface area (Å²) in [7, 11) is 0. The van der Waals surface area contributed by atoms with E-state index in [9.17, 15) is 9.59 Å². The lowest BCUT2D eigenvalue weighted by molar-refractivity contribution is -0.118. The standard InChI is InChI=1S/C13H13NO2/c1-10(15)8-13(2,9-14)12(16)11-6-4-3-5-7-11/h3-7H,8H2,1-2H3. The summed E-state index contributed by atoms with van der Waals surface area (Å²) in [4.78, 5) is 23.1. The molecule has 16 heavy (non-hydrogen) atoms. The summed E-state index contributed by atoms with van der Waals surface area (Å²) in [6.07, 6.45) is -0.0444. The lowest BCUT2D eigenvalue weighted by atomic mass is 9.79. The SMILES string of the molecule is CC(=O)CC(C)(C#N)C(=O)c1ccccc1. The number of rotatable bonds is 4. The van der Waals surface area contributed by atoms with Crippen LogP contribution in [0.25, 0.3) is 0 Å². The second-order valence-corrected chi connectivity index (χ2v) is 4.02. The monoisotopic (exact) mass is 215 g/mol. The highest BCUT2D eigenvalue weighted by Gasteiger charge is 2.35. The molecule has 1 atom stereocenters. The molecule has 0 N–H and O–H groups in total. The third kappa shape index (κ3) is 2.54. The number of nitrogens with zero attached hydrogens (tertiary/aromatic N) is 1. The van der Waals surface area contributed by atoms with Crippen LogP contribution in [0.1, 0.15) is 30.6 Å². The number of carbonyl (C=O) groups is 2. The van der Waals surface area contributed by atoms with E-state index in [-0.39, 0.29) is 18.0 Å². The van der Waals surface area contributed by atoms with Crippen molar-refractivity contribution in [2.75, 3.05) is 0 Å². The fraction of sp³-hybridized carbons (Fsp3) is 0.308. The number of carbonyl (C=O) groups excluding carboxylic acids is 2. The average Bonchev–Trinajstić information content (AvgIpc) is 2.28. The fourth-order valence-electron chi connectivity index (χ4n) is 1.58. The zero-order chi connectivity index (χ0) is 12.2. The first-order valence-corrected chi connectivity index (χ1v) is 5.00. The van der Waals surface area contributed by atoms with E-state index in [1.165, 1.54) is 13.8 Å². The van der Waals surface area contributed by atoms with Crippen LogP contribution in [-0.2, 0) is 4.79 Å². The molecule has 0 radical (unpaired) electrons. The highest BCUT2D eigenvalue weighted by atomic mass is 16.1. The molecule has 0 spiro atoms. The first-order valence-electron chi connectivity index (χ1n) is 5.00. The van der Waals surface area contributed by atoms with Gasteiger partial charge in [-0.25, -0.2) is 0 Å². The van der Waals surface area contributed by atoms with Crippen LogP contribution in [0.15, 0.2) is 30.3 Å². The Bertz CT molecular complexity index is 445. The summed E-state index contributed by atoms with van der Waals surface area (Å²) in [5.41, 5.74) is -0.791. The predicted molar refractivity (Wildman–Crippen MR) is 59.8 cm³/mol. The highest BCUT2D eigenvalue weighted by molar-refractivity contribution is 6.04. The minimum absolute atomic E-state index is 0.0444. The Morgan fingerprint density at radius 1 is 1.31 bits per heavy atom. The van der Waals surface area contributed by atoms with E-state index in [2.05, 4.69) is 0 Å². The smallest absolute Gasteiger partial charge is 0.183 e. The van der Waals surface area contributed by atoms with Gasteiger partial charge in [-0.15, -0.1) is 0 Å². The Hall–Kier alpha value is -1.95. The summed E-state index contributed by atoms with van der Waals surface area (Å²) < 4.78 is 0. The molecule has 1 rings (SSSR count). The number of hydrogen-bond donors (Lipinski definition) is 0. The van der Waals surface area contributed by atoms with Gasteiger partial charge in [-0.3, -0.25) is 9.59 Å². The molecule has 0 bridgehead atoms. The van der Waals surface area contributed by atoms with Gasteiger partial charge in [-0.05, 0) is 13.8 Å². The van der Waals surface area contributed by atoms with Gasteiger partial charge >= 0.3 is 0 Å². The second-order valence-electron chi connectivity index (χ2n) is 4.02. The molecule has 0 aliphatic rings. The molecule has 0 amide bonds. The molecule has 82 valence electrons. The Kier molecular flexibility index (Phi) is 3.57. The van der Waals surface area contributed by atoms with Gasteiger partial charge in [0, 0.05) is 12.0 Å². The summed E-state index contributed by atoms with van der Waals surface area (Å²) >= 11 is 0. The fourth-order valence-corrected chi connectivity index (χ4v) is 1.58. The maximum Gasteiger partial charge on any atom is 0.183 e. The molecule has 0 aliphatic heterocycles. The molecule has 0 saturated heterocycles. The third-order valence-electron chi connectivity index (χ3n) is 2.39. The molecule has 1 aromatic rings. The van der Waals surface area contributed by atoms with Gasteiger partial charge in [-0.2, -0.15) is 5.26 Å². The minimum Gasteiger partial charge on any atom is -0.300 e. The number of Topliss-reactive ketones (excluding diaryl/α,β-unsaturated/α-hetero) is 2. The van der Waals surface area contributed by atoms with Crippen molar-refractivity contribution in [2.45, 2.75) is 20.3 Å². The van der Waals surface area contributed by atoms with E-state index < -0.39 is 5.41 Å². The maximum atomic E-state index is 12.1. The first-order chi connectivity index (χ1) is 7.49. The van der Waals surface area contributed by atoms with Crippen LogP contribution in [0.2, 0.25) is 0 Å². The van der Waals surface area contributed by atoms with E-state index in [1.807, 2.05) is 6.07 Å². The van der Waals surface area contributed by atoms with Gasteiger partial charge in [0.05, 0.1) is 6.07 Å². The van der Waals surface area contributed by atoms with Crippen molar-refractivity contribution in [1.29, 1.82) is 5.26 Å². The molecule has 0 aliphatic carbocycles. The van der Waals surface area contributed by atoms with E-state index in [0.29, 0.717) is 5.56 Å². The zero-order valence-corrected chi connectivity index (χ0v) is 9.36. The molecule has 0 heterocycles. The van der Waals surface area contributed by atoms with Crippen molar-refractivity contribution in [3.05, 3.63) is 35.9 Å². The largest absolute Gasteiger partial charge is 0.300 e. The van der Waals surface area contributed by atoms with Gasteiger partial charge in [0.25, 0.3) is 0 Å². The normalized spacial score (nSPS) is 13.6.